The van der Waals surface area contributed by atoms with E-state index in [-0.39, 0.29) is 18.2 Å². The lowest BCUT2D eigenvalue weighted by Gasteiger charge is -2.32. The van der Waals surface area contributed by atoms with Gasteiger partial charge in [-0.25, -0.2) is 8.78 Å². The quantitative estimate of drug-likeness (QED) is 0.609. The molecular formula is C22H23F2N4O4-. The Bertz CT molecular complexity index is 1010. The molecule has 0 radical (unpaired) electrons. The number of nitrogens with zero attached hydrogens (tertiary/aromatic N) is 1. The van der Waals surface area contributed by atoms with E-state index in [1.807, 2.05) is 0 Å². The van der Waals surface area contributed by atoms with Crippen LogP contribution < -0.4 is 16.5 Å². The molecule has 0 saturated carbocycles. The molecule has 4 N–H and O–H groups in total. The Balaban J connectivity index is 1.66. The van der Waals surface area contributed by atoms with Crippen LogP contribution >= 0.6 is 0 Å². The summed E-state index contributed by atoms with van der Waals surface area (Å²) in [6.45, 7) is 1.09. The van der Waals surface area contributed by atoms with Crippen LogP contribution in [0.1, 0.15) is 30.0 Å². The van der Waals surface area contributed by atoms with Crippen LogP contribution in [0.2, 0.25) is 0 Å². The number of halogens is 2. The highest BCUT2D eigenvalue weighted by atomic mass is 19.1. The van der Waals surface area contributed by atoms with Crippen LogP contribution in [0.4, 0.5) is 20.2 Å². The van der Waals surface area contributed by atoms with Crippen molar-refractivity contribution in [3.05, 3.63) is 64.4 Å². The van der Waals surface area contributed by atoms with E-state index >= 15 is 0 Å². The highest BCUT2D eigenvalue weighted by Crippen LogP contribution is 2.38. The van der Waals surface area contributed by atoms with Crippen LogP contribution in [0, 0.1) is 22.8 Å². The first kappa shape index (κ1) is 22.1. The highest BCUT2D eigenvalue weighted by Gasteiger charge is 2.42. The fourth-order valence-electron chi connectivity index (χ4n) is 4.26. The van der Waals surface area contributed by atoms with Crippen molar-refractivity contribution >= 4 is 23.2 Å². The van der Waals surface area contributed by atoms with E-state index in [1.54, 1.807) is 11.5 Å². The molecule has 1 saturated heterocycles. The van der Waals surface area contributed by atoms with Crippen molar-refractivity contribution in [1.29, 1.82) is 0 Å². The number of para-hydroxylation sites is 1. The third-order valence-electron chi connectivity index (χ3n) is 6.01. The third-order valence-corrected chi connectivity index (χ3v) is 6.01. The molecule has 0 spiro atoms. The summed E-state index contributed by atoms with van der Waals surface area (Å²) >= 11 is 0. The van der Waals surface area contributed by atoms with Crippen molar-refractivity contribution in [2.24, 2.45) is 11.7 Å². The van der Waals surface area contributed by atoms with E-state index < -0.39 is 41.2 Å². The van der Waals surface area contributed by atoms with Crippen LogP contribution in [0.15, 0.2) is 36.4 Å². The molecule has 0 unspecified atom stereocenters. The normalized spacial score (nSPS) is 19.4. The molecular weight excluding hydrogens is 422 g/mol. The Morgan fingerprint density at radius 1 is 1.16 bits per heavy atom. The van der Waals surface area contributed by atoms with Crippen LogP contribution in [0.5, 0.6) is 0 Å². The van der Waals surface area contributed by atoms with E-state index in [2.05, 4.69) is 5.32 Å². The first-order valence-electron chi connectivity index (χ1n) is 10.3. The van der Waals surface area contributed by atoms with Gasteiger partial charge in [-0.2, -0.15) is 0 Å². The number of ether oxygens (including phenoxy) is 1. The first-order valence-corrected chi connectivity index (χ1v) is 10.3. The number of nitrogens with two attached hydrogens (primary N) is 1. The van der Waals surface area contributed by atoms with Crippen molar-refractivity contribution < 1.29 is 23.1 Å². The van der Waals surface area contributed by atoms with Gasteiger partial charge in [0.1, 0.15) is 23.4 Å². The van der Waals surface area contributed by atoms with E-state index in [1.165, 1.54) is 23.1 Å². The largest absolute Gasteiger partial charge is 0.761 e. The fourth-order valence-corrected chi connectivity index (χ4v) is 4.26. The molecule has 0 aromatic heterocycles. The molecule has 32 heavy (non-hydrogen) atoms. The average molecular weight is 445 g/mol. The molecule has 2 heterocycles. The monoisotopic (exact) mass is 445 g/mol. The van der Waals surface area contributed by atoms with E-state index in [9.17, 15) is 23.6 Å². The second kappa shape index (κ2) is 9.19. The number of nitrogens with one attached hydrogen (secondary N) is 2. The fraction of sp³-hybridized carbons (Fsp3) is 0.364. The molecule has 2 amide bonds. The Morgan fingerprint density at radius 2 is 1.84 bits per heavy atom. The maximum atomic E-state index is 14.1. The van der Waals surface area contributed by atoms with Gasteiger partial charge in [-0.3, -0.25) is 9.59 Å². The van der Waals surface area contributed by atoms with Crippen molar-refractivity contribution in [2.75, 3.05) is 24.0 Å². The molecule has 4 rings (SSSR count). The number of rotatable bonds is 5. The molecule has 8 nitrogen and oxygen atoms in total. The van der Waals surface area contributed by atoms with Crippen molar-refractivity contribution in [3.63, 3.8) is 0 Å². The zero-order valence-electron chi connectivity index (χ0n) is 17.1. The standard InChI is InChI=1S/C22H23F2N4O4/c23-16-2-1-3-17(24)19(16)26-21(29)20-15-10-14(27-31)5-4-13(15)11-28(20)22(30)18(25)12-6-8-32-9-7-12/h1-5,10,12,18,20,27H,6-9,11,25H2,(H,26,29)/q-1/t18-,20-/m0/s1. The van der Waals surface area contributed by atoms with Crippen LogP contribution in [-0.2, 0) is 20.9 Å². The molecule has 2 aromatic rings. The van der Waals surface area contributed by atoms with Gasteiger partial charge in [0, 0.05) is 25.4 Å². The topological polar surface area (TPSA) is 120 Å². The smallest absolute Gasteiger partial charge is 0.252 e. The van der Waals surface area contributed by atoms with Crippen LogP contribution in [0.3, 0.4) is 0 Å². The number of carbonyl (C=O) groups excluding carboxylic acids is 2. The lowest BCUT2D eigenvalue weighted by atomic mass is 9.91. The summed E-state index contributed by atoms with van der Waals surface area (Å²) in [6.07, 6.45) is 1.24. The lowest BCUT2D eigenvalue weighted by molar-refractivity contribution is -0.141. The van der Waals surface area contributed by atoms with Gasteiger partial charge in [0.05, 0.1) is 6.04 Å². The van der Waals surface area contributed by atoms with E-state index in [0.29, 0.717) is 37.2 Å². The predicted octanol–water partition coefficient (Wildman–Crippen LogP) is 2.65. The van der Waals surface area contributed by atoms with Gasteiger partial charge in [0.25, 0.3) is 5.91 Å². The average Bonchev–Trinajstić information content (AvgIpc) is 3.19. The number of carbonyl (C=O) groups is 2. The molecule has 2 atom stereocenters. The number of benzene rings is 2. The molecule has 0 bridgehead atoms. The molecule has 2 aromatic carbocycles. The summed E-state index contributed by atoms with van der Waals surface area (Å²) in [5.74, 6) is -3.24. The Kier molecular flexibility index (Phi) is 6.35. The molecule has 170 valence electrons. The van der Waals surface area contributed by atoms with Crippen LogP contribution in [0.25, 0.3) is 0 Å². The van der Waals surface area contributed by atoms with E-state index in [0.717, 1.165) is 12.1 Å². The van der Waals surface area contributed by atoms with Crippen molar-refractivity contribution in [2.45, 2.75) is 31.5 Å². The Morgan fingerprint density at radius 3 is 2.50 bits per heavy atom. The van der Waals surface area contributed by atoms with Gasteiger partial charge in [-0.15, -0.1) is 0 Å². The third kappa shape index (κ3) is 4.16. The summed E-state index contributed by atoms with van der Waals surface area (Å²) in [7, 11) is 0. The summed E-state index contributed by atoms with van der Waals surface area (Å²) in [4.78, 5) is 27.8. The minimum Gasteiger partial charge on any atom is -0.761 e. The minimum atomic E-state index is -1.20. The van der Waals surface area contributed by atoms with Crippen molar-refractivity contribution in [3.8, 4) is 0 Å². The van der Waals surface area contributed by atoms with Crippen molar-refractivity contribution in [1.82, 2.24) is 4.90 Å². The summed E-state index contributed by atoms with van der Waals surface area (Å²) in [5.41, 5.74) is 8.65. The molecule has 10 heteroatoms. The van der Waals surface area contributed by atoms with Gasteiger partial charge >= 0.3 is 0 Å². The second-order valence-electron chi connectivity index (χ2n) is 7.95. The Hall–Kier alpha value is -3.08. The first-order chi connectivity index (χ1) is 15.4. The predicted molar refractivity (Wildman–Crippen MR) is 113 cm³/mol. The summed E-state index contributed by atoms with van der Waals surface area (Å²) in [6, 6.07) is 5.78. The molecule has 2 aliphatic heterocycles. The van der Waals surface area contributed by atoms with Gasteiger partial charge in [-0.05, 0) is 54.2 Å². The number of hydrogen-bond donors (Lipinski definition) is 3. The number of amides is 2. The number of fused-ring (bicyclic) bond motifs is 1. The minimum absolute atomic E-state index is 0.0854. The summed E-state index contributed by atoms with van der Waals surface area (Å²) in [5, 5.41) is 13.4. The number of hydrogen-bond acceptors (Lipinski definition) is 6. The van der Waals surface area contributed by atoms with Gasteiger partial charge in [0.15, 0.2) is 0 Å². The highest BCUT2D eigenvalue weighted by molar-refractivity contribution is 6.00. The van der Waals surface area contributed by atoms with Gasteiger partial charge in [-0.1, -0.05) is 12.1 Å². The van der Waals surface area contributed by atoms with Crippen LogP contribution in [-0.4, -0.2) is 36.0 Å². The van der Waals surface area contributed by atoms with E-state index in [4.69, 9.17) is 10.5 Å². The maximum Gasteiger partial charge on any atom is 0.252 e. The lowest BCUT2D eigenvalue weighted by Crippen LogP contribution is -2.50. The van der Waals surface area contributed by atoms with Gasteiger partial charge < -0.3 is 31.4 Å². The SMILES string of the molecule is N[C@H](C(=O)N1Cc2ccc(N[O-])cc2[C@H]1C(=O)Nc1c(F)cccc1F)C1CCOCC1. The Labute approximate surface area is 183 Å². The molecule has 2 aliphatic rings. The zero-order chi connectivity index (χ0) is 22.8. The van der Waals surface area contributed by atoms with Gasteiger partial charge in [0.2, 0.25) is 5.91 Å². The molecule has 0 aliphatic carbocycles. The second-order valence-corrected chi connectivity index (χ2v) is 7.95. The zero-order valence-corrected chi connectivity index (χ0v) is 17.1. The molecule has 1 fully saturated rings. The number of anilines is 2. The maximum absolute atomic E-state index is 14.1. The summed E-state index contributed by atoms with van der Waals surface area (Å²) < 4.78 is 33.6.